The number of carbonyl (C=O) groups is 4. The van der Waals surface area contributed by atoms with Crippen LogP contribution in [0, 0.1) is 5.92 Å². The maximum Gasteiger partial charge on any atom is 0.508 e. The molecule has 0 saturated carbocycles. The fraction of sp³-hybridized carbons (Fsp3) is 0.235. The van der Waals surface area contributed by atoms with Crippen LogP contribution in [0.4, 0.5) is 4.79 Å². The van der Waals surface area contributed by atoms with E-state index in [1.807, 2.05) is 36.4 Å². The van der Waals surface area contributed by atoms with Crippen LogP contribution in [0.25, 0.3) is 11.1 Å². The van der Waals surface area contributed by atoms with Gasteiger partial charge in [0.1, 0.15) is 24.7 Å². The monoisotopic (exact) mass is 600 g/mol. The van der Waals surface area contributed by atoms with Crippen molar-refractivity contribution < 1.29 is 47.6 Å². The van der Waals surface area contributed by atoms with Crippen LogP contribution in [0.5, 0.6) is 23.0 Å². The minimum absolute atomic E-state index is 0.0228. The highest BCUT2D eigenvalue weighted by molar-refractivity contribution is 5.91. The van der Waals surface area contributed by atoms with E-state index in [0.717, 1.165) is 11.1 Å². The number of rotatable bonds is 12. The van der Waals surface area contributed by atoms with Gasteiger partial charge in [0.05, 0.1) is 12.5 Å². The first-order valence-corrected chi connectivity index (χ1v) is 13.8. The Labute approximate surface area is 254 Å². The second kappa shape index (κ2) is 14.7. The molecular weight excluding hydrogens is 568 g/mol. The van der Waals surface area contributed by atoms with Crippen LogP contribution in [0.1, 0.15) is 25.8 Å². The number of hydrogen-bond acceptors (Lipinski definition) is 10. The summed E-state index contributed by atoms with van der Waals surface area (Å²) < 4.78 is 31.6. The van der Waals surface area contributed by atoms with Gasteiger partial charge >= 0.3 is 24.1 Å². The highest BCUT2D eigenvalue weighted by atomic mass is 16.7. The number of esters is 3. The minimum atomic E-state index is -0.678. The van der Waals surface area contributed by atoms with Crippen molar-refractivity contribution in [3.8, 4) is 34.1 Å². The van der Waals surface area contributed by atoms with Gasteiger partial charge in [0, 0.05) is 17.6 Å². The van der Waals surface area contributed by atoms with Gasteiger partial charge in [0.2, 0.25) is 0 Å². The van der Waals surface area contributed by atoms with Gasteiger partial charge in [-0.1, -0.05) is 43.5 Å². The van der Waals surface area contributed by atoms with Gasteiger partial charge in [-0.3, -0.25) is 4.79 Å². The lowest BCUT2D eigenvalue weighted by atomic mass is 10.1. The van der Waals surface area contributed by atoms with E-state index in [2.05, 4.69) is 13.2 Å². The second-order valence-electron chi connectivity index (χ2n) is 10.2. The molecule has 0 aromatic heterocycles. The first-order valence-electron chi connectivity index (χ1n) is 13.8. The molecule has 1 aliphatic rings. The van der Waals surface area contributed by atoms with E-state index in [0.29, 0.717) is 23.7 Å². The molecule has 0 bridgehead atoms. The summed E-state index contributed by atoms with van der Waals surface area (Å²) in [4.78, 5) is 47.6. The normalized spacial score (nSPS) is 12.7. The van der Waals surface area contributed by atoms with Gasteiger partial charge in [-0.25, -0.2) is 14.4 Å². The van der Waals surface area contributed by atoms with E-state index in [1.54, 1.807) is 18.2 Å². The zero-order valence-corrected chi connectivity index (χ0v) is 24.5. The molecule has 1 saturated heterocycles. The molecule has 0 amide bonds. The van der Waals surface area contributed by atoms with Gasteiger partial charge < -0.3 is 28.4 Å². The van der Waals surface area contributed by atoms with Gasteiger partial charge in [-0.2, -0.15) is 0 Å². The highest BCUT2D eigenvalue weighted by Gasteiger charge is 2.21. The van der Waals surface area contributed by atoms with Crippen molar-refractivity contribution in [2.75, 3.05) is 19.8 Å². The number of benzene rings is 3. The molecule has 1 fully saturated rings. The molecule has 3 aromatic rings. The average molecular weight is 601 g/mol. The predicted octanol–water partition coefficient (Wildman–Crippen LogP) is 6.02. The Morgan fingerprint density at radius 1 is 0.750 bits per heavy atom. The Morgan fingerprint density at radius 3 is 1.86 bits per heavy atom. The lowest BCUT2D eigenvalue weighted by molar-refractivity contribution is -0.134. The Bertz CT molecular complexity index is 1540. The van der Waals surface area contributed by atoms with E-state index >= 15 is 0 Å². The van der Waals surface area contributed by atoms with Crippen LogP contribution in [0.15, 0.2) is 91.0 Å². The van der Waals surface area contributed by atoms with Gasteiger partial charge in [-0.15, -0.1) is 0 Å². The topological polar surface area (TPSA) is 124 Å². The number of ether oxygens (including phenoxy) is 6. The third-order valence-electron chi connectivity index (χ3n) is 6.36. The molecule has 1 aliphatic heterocycles. The second-order valence-corrected chi connectivity index (χ2v) is 10.2. The van der Waals surface area contributed by atoms with Crippen molar-refractivity contribution in [1.82, 2.24) is 0 Å². The van der Waals surface area contributed by atoms with E-state index < -0.39 is 24.1 Å². The molecule has 228 valence electrons. The van der Waals surface area contributed by atoms with E-state index in [-0.39, 0.29) is 54.6 Å². The minimum Gasteiger partial charge on any atom is -0.493 e. The molecule has 0 radical (unpaired) electrons. The summed E-state index contributed by atoms with van der Waals surface area (Å²) in [5.41, 5.74) is 2.90. The number of hydrogen-bond donors (Lipinski definition) is 0. The largest absolute Gasteiger partial charge is 0.508 e. The van der Waals surface area contributed by atoms with E-state index in [1.165, 1.54) is 26.0 Å². The molecule has 0 aliphatic carbocycles. The predicted molar refractivity (Wildman–Crippen MR) is 159 cm³/mol. The molecule has 0 atom stereocenters. The lowest BCUT2D eigenvalue weighted by Gasteiger charge is -2.21. The van der Waals surface area contributed by atoms with Crippen molar-refractivity contribution >= 4 is 24.1 Å². The van der Waals surface area contributed by atoms with Crippen molar-refractivity contribution in [3.05, 3.63) is 96.6 Å². The quantitative estimate of drug-likeness (QED) is 0.139. The molecular formula is C34H32O10. The van der Waals surface area contributed by atoms with Gasteiger partial charge in [-0.05, 0) is 73.4 Å². The summed E-state index contributed by atoms with van der Waals surface area (Å²) in [5.74, 6) is -0.664. The summed E-state index contributed by atoms with van der Waals surface area (Å²) in [6.45, 7) is 11.0. The SMILES string of the molecule is C=C(C)C(=O)Oc1ccc(CCC(=O)Oc2ccc(-c3ccc(OCC4COC(=O)OC4)cc3)cc2)cc1OC(=O)C(=C)C. The number of carbonyl (C=O) groups excluding carboxylic acids is 4. The van der Waals surface area contributed by atoms with Gasteiger partial charge in [0.15, 0.2) is 11.5 Å². The standard InChI is InChI=1S/C34H32O10/c1-21(2)32(36)43-29-15-5-23(17-30(29)44-33(37)22(3)4)6-16-31(35)42-28-13-9-26(10-14-28)25-7-11-27(12-8-25)39-18-24-19-40-34(38)41-20-24/h5,7-15,17,24H,1,3,6,16,18-20H2,2,4H3. The first-order chi connectivity index (χ1) is 21.1. The van der Waals surface area contributed by atoms with Crippen LogP contribution < -0.4 is 18.9 Å². The van der Waals surface area contributed by atoms with Crippen molar-refractivity contribution in [3.63, 3.8) is 0 Å². The average Bonchev–Trinajstić information content (AvgIpc) is 3.01. The Kier molecular flexibility index (Phi) is 10.5. The lowest BCUT2D eigenvalue weighted by Crippen LogP contribution is -2.31. The van der Waals surface area contributed by atoms with Crippen LogP contribution in [-0.2, 0) is 30.3 Å². The van der Waals surface area contributed by atoms with E-state index in [4.69, 9.17) is 28.4 Å². The zero-order chi connectivity index (χ0) is 31.6. The van der Waals surface area contributed by atoms with Crippen LogP contribution in [-0.4, -0.2) is 43.9 Å². The summed E-state index contributed by atoms with van der Waals surface area (Å²) in [6.07, 6.45) is -0.314. The molecule has 0 spiro atoms. The Morgan fingerprint density at radius 2 is 1.30 bits per heavy atom. The summed E-state index contributed by atoms with van der Waals surface area (Å²) >= 11 is 0. The Hall–Kier alpha value is -5.38. The van der Waals surface area contributed by atoms with Crippen LogP contribution >= 0.6 is 0 Å². The van der Waals surface area contributed by atoms with Crippen molar-refractivity contribution in [2.24, 2.45) is 5.92 Å². The molecule has 44 heavy (non-hydrogen) atoms. The maximum atomic E-state index is 12.6. The highest BCUT2D eigenvalue weighted by Crippen LogP contribution is 2.31. The third-order valence-corrected chi connectivity index (χ3v) is 6.36. The summed E-state index contributed by atoms with van der Waals surface area (Å²) in [6, 6.07) is 19.3. The molecule has 3 aromatic carbocycles. The fourth-order valence-electron chi connectivity index (χ4n) is 3.91. The molecule has 0 N–H and O–H groups in total. The Balaban J connectivity index is 1.30. The molecule has 0 unspecified atom stereocenters. The first kappa shape index (κ1) is 31.6. The number of aryl methyl sites for hydroxylation is 1. The molecule has 10 nitrogen and oxygen atoms in total. The number of cyclic esters (lactones) is 2. The van der Waals surface area contributed by atoms with Gasteiger partial charge in [0.25, 0.3) is 0 Å². The molecule has 4 rings (SSSR count). The zero-order valence-electron chi connectivity index (χ0n) is 24.5. The smallest absolute Gasteiger partial charge is 0.493 e. The molecule has 10 heteroatoms. The molecule has 1 heterocycles. The van der Waals surface area contributed by atoms with Crippen molar-refractivity contribution in [1.29, 1.82) is 0 Å². The third kappa shape index (κ3) is 9.06. The summed E-state index contributed by atoms with van der Waals surface area (Å²) in [7, 11) is 0. The maximum absolute atomic E-state index is 12.6. The summed E-state index contributed by atoms with van der Waals surface area (Å²) in [5, 5.41) is 0. The van der Waals surface area contributed by atoms with Crippen molar-refractivity contribution in [2.45, 2.75) is 26.7 Å². The van der Waals surface area contributed by atoms with Crippen LogP contribution in [0.2, 0.25) is 0 Å². The van der Waals surface area contributed by atoms with E-state index in [9.17, 15) is 19.2 Å². The fourth-order valence-corrected chi connectivity index (χ4v) is 3.91. The van der Waals surface area contributed by atoms with Crippen LogP contribution in [0.3, 0.4) is 0 Å².